The zero-order valence-corrected chi connectivity index (χ0v) is 68.7. The van der Waals surface area contributed by atoms with Gasteiger partial charge in [0.1, 0.15) is 29.5 Å². The van der Waals surface area contributed by atoms with Crippen molar-refractivity contribution < 1.29 is 95.6 Å². The van der Waals surface area contributed by atoms with E-state index in [1.54, 1.807) is 27.7 Å². The molecule has 1 N–H and O–H groups in total. The summed E-state index contributed by atoms with van der Waals surface area (Å²) in [5.41, 5.74) is -3.75. The molecule has 0 aromatic carbocycles. The van der Waals surface area contributed by atoms with Crippen molar-refractivity contribution in [3.8, 4) is 0 Å². The zero-order chi connectivity index (χ0) is 78.2. The highest BCUT2D eigenvalue weighted by molar-refractivity contribution is 5.83. The highest BCUT2D eigenvalue weighted by Gasteiger charge is 2.66. The van der Waals surface area contributed by atoms with E-state index in [2.05, 4.69) is 13.8 Å². The molecule has 0 spiro atoms. The first-order valence-electron chi connectivity index (χ1n) is 42.9. The lowest BCUT2D eigenvalue weighted by molar-refractivity contribution is -0.225. The van der Waals surface area contributed by atoms with Crippen molar-refractivity contribution in [1.82, 2.24) is 0 Å². The van der Waals surface area contributed by atoms with Gasteiger partial charge in [0.15, 0.2) is 13.4 Å². The van der Waals surface area contributed by atoms with Gasteiger partial charge < -0.3 is 52.5 Å². The van der Waals surface area contributed by atoms with Crippen LogP contribution in [0.2, 0.25) is 0 Å². The summed E-state index contributed by atoms with van der Waals surface area (Å²) in [5, 5.41) is 10.6. The van der Waals surface area contributed by atoms with Gasteiger partial charge in [0.25, 0.3) is 0 Å². The van der Waals surface area contributed by atoms with Crippen LogP contribution in [0.1, 0.15) is 378 Å². The molecule has 18 aliphatic carbocycles. The minimum atomic E-state index is -0.687. The van der Waals surface area contributed by atoms with Gasteiger partial charge in [-0.05, 0) is 326 Å². The fourth-order valence-corrected chi connectivity index (χ4v) is 24.0. The molecule has 18 bridgehead atoms. The summed E-state index contributed by atoms with van der Waals surface area (Å²) >= 11 is 0. The minimum Gasteiger partial charge on any atom is -0.463 e. The van der Waals surface area contributed by atoms with Gasteiger partial charge in [-0.15, -0.1) is 0 Å². The molecule has 20 nitrogen and oxygen atoms in total. The molecule has 688 valence electrons. The maximum Gasteiger partial charge on any atom is 0.347 e. The van der Waals surface area contributed by atoms with Crippen LogP contribution in [0.15, 0.2) is 0 Å². The summed E-state index contributed by atoms with van der Waals surface area (Å²) in [6.45, 7) is 31.3. The third-order valence-corrected chi connectivity index (χ3v) is 31.4. The predicted octanol–water partition coefficient (Wildman–Crippen LogP) is 22.2. The zero-order valence-electron chi connectivity index (χ0n) is 68.7. The highest BCUT2D eigenvalue weighted by atomic mass is 16.7. The van der Waals surface area contributed by atoms with Crippen LogP contribution in [-0.2, 0) is 90.5 Å². The van der Waals surface area contributed by atoms with E-state index in [4.69, 9.17) is 47.4 Å². The molecule has 10 atom stereocenters. The molecule has 10 unspecified atom stereocenters. The molecule has 18 saturated carbocycles. The number of hydrogen-bond donors (Lipinski definition) is 1. The number of aliphatic hydroxyl groups is 1. The second kappa shape index (κ2) is 41.8. The molecule has 20 rings (SSSR count). The Bertz CT molecular complexity index is 3240. The maximum atomic E-state index is 13.4. The average molecular weight is 1670 g/mol. The molecular weight excluding hydrogens is 1500 g/mol. The lowest BCUT2D eigenvalue weighted by Gasteiger charge is -2.60. The topological polar surface area (TPSA) is 266 Å². The van der Waals surface area contributed by atoms with Crippen LogP contribution in [0.4, 0.5) is 0 Å². The van der Waals surface area contributed by atoms with E-state index in [1.807, 2.05) is 69.2 Å². The Labute approximate surface area is 718 Å². The smallest absolute Gasteiger partial charge is 0.347 e. The third kappa shape index (κ3) is 22.4. The number of carbonyl (C=O) groups excluding carboxylic acids is 9. The second-order valence-electron chi connectivity index (χ2n) is 41.0. The third-order valence-electron chi connectivity index (χ3n) is 31.4. The highest BCUT2D eigenvalue weighted by Crippen LogP contribution is 2.65. The lowest BCUT2D eigenvalue weighted by atomic mass is 9.48. The molecule has 0 radical (unpaired) electrons. The number of cyclic esters (lactones) is 1. The summed E-state index contributed by atoms with van der Waals surface area (Å²) in [7, 11) is 0. The average Bonchev–Trinajstić information content (AvgIpc) is 1.30. The molecule has 2 heterocycles. The van der Waals surface area contributed by atoms with Gasteiger partial charge in [-0.3, -0.25) is 33.6 Å². The normalized spacial score (nSPS) is 36.8. The largest absolute Gasteiger partial charge is 0.463 e. The van der Waals surface area contributed by atoms with Crippen molar-refractivity contribution in [2.24, 2.45) is 127 Å². The first-order chi connectivity index (χ1) is 50.7. The number of hydrogen-bond acceptors (Lipinski definition) is 20. The number of ether oxygens (including phenoxy) is 10. The number of carbonyl (C=O) groups is 9. The molecule has 20 heteroatoms. The Hall–Kier alpha value is -4.85. The van der Waals surface area contributed by atoms with Crippen LogP contribution in [0.5, 0.6) is 0 Å². The summed E-state index contributed by atoms with van der Waals surface area (Å²) in [5.74, 6) is 6.92. The Kier molecular flexibility index (Phi) is 38.7. The van der Waals surface area contributed by atoms with Crippen molar-refractivity contribution >= 4 is 53.7 Å². The van der Waals surface area contributed by atoms with Crippen LogP contribution >= 0.6 is 0 Å². The summed E-state index contributed by atoms with van der Waals surface area (Å²) in [6.07, 6.45) is 29.5. The summed E-state index contributed by atoms with van der Waals surface area (Å²) in [4.78, 5) is 109. The van der Waals surface area contributed by atoms with Crippen LogP contribution in [0, 0.1) is 127 Å². The molecule has 20 fully saturated rings. The van der Waals surface area contributed by atoms with Gasteiger partial charge in [-0.2, -0.15) is 0 Å². The van der Waals surface area contributed by atoms with Gasteiger partial charge in [-0.1, -0.05) is 116 Å². The molecule has 2 saturated heterocycles. The Balaban J connectivity index is 0.000000503. The molecular formula is C98H176O20. The van der Waals surface area contributed by atoms with Gasteiger partial charge in [0.05, 0.1) is 56.7 Å². The van der Waals surface area contributed by atoms with Gasteiger partial charge in [-0.25, -0.2) is 9.59 Å². The first-order valence-corrected chi connectivity index (χ1v) is 42.9. The van der Waals surface area contributed by atoms with Crippen molar-refractivity contribution in [3.63, 3.8) is 0 Å². The van der Waals surface area contributed by atoms with E-state index in [-0.39, 0.29) is 182 Å². The standard InChI is InChI=1S/C28H42O5.C18H30O2.C16H22O6.C16H26O3.C10H16O4.10CH4/c1-4-27(2,3)25(29)33-24-21-10-18-11-22(24)14-28(12-18,13-21)26(30)32-15-31-23-19-6-16-5-17(8-19)9-20(23)7-16;1-5-17(3,4)16(19)20-18(6-2)14-8-12-7-13(10-14)11-15(18)9-12;1-4-16(2,3)15(19)20-7-11(17)21-12-8-5-9-10(6-8)14(18)22-13(9)12;1-4-14(2,3)13(17)19-16-8-11-5-12(9-16)7-15(18,6-11)10-16;1-4-10(2,3)9(12)14-7-5-6-13-8(7)11;;;;;;;;;;/h16-24H,4-15H2,1-3H3;12-15H,5-11H2,1-4H3;8-10,12-13H,4-7H2,1-3H3;11-12,18H,4-10H2,1-3H3;7H,4-6H2,1-3H3;10*1H4. The fraction of sp³-hybridized carbons (Fsp3) is 0.908. The van der Waals surface area contributed by atoms with Crippen molar-refractivity contribution in [2.45, 2.75) is 425 Å². The van der Waals surface area contributed by atoms with Gasteiger partial charge in [0, 0.05) is 24.7 Å². The Morgan fingerprint density at radius 2 is 0.856 bits per heavy atom. The number of fused-ring (bicyclic) bond motifs is 1. The monoisotopic (exact) mass is 1670 g/mol. The van der Waals surface area contributed by atoms with Crippen LogP contribution < -0.4 is 0 Å². The number of rotatable bonds is 22. The summed E-state index contributed by atoms with van der Waals surface area (Å²) in [6, 6.07) is 0. The summed E-state index contributed by atoms with van der Waals surface area (Å²) < 4.78 is 56.0. The van der Waals surface area contributed by atoms with Crippen LogP contribution in [0.25, 0.3) is 0 Å². The van der Waals surface area contributed by atoms with Crippen molar-refractivity contribution in [3.05, 3.63) is 0 Å². The first kappa shape index (κ1) is 109. The van der Waals surface area contributed by atoms with Crippen molar-refractivity contribution in [2.75, 3.05) is 20.0 Å². The molecule has 0 aromatic rings. The predicted molar refractivity (Wildman–Crippen MR) is 467 cm³/mol. The van der Waals surface area contributed by atoms with Gasteiger partial charge >= 0.3 is 53.7 Å². The lowest BCUT2D eigenvalue weighted by Crippen LogP contribution is -2.61. The van der Waals surface area contributed by atoms with E-state index in [1.165, 1.54) is 70.6 Å². The molecule has 0 aromatic heterocycles. The van der Waals surface area contributed by atoms with Crippen LogP contribution in [0.3, 0.4) is 0 Å². The molecule has 2 aliphatic heterocycles. The van der Waals surface area contributed by atoms with E-state index in [9.17, 15) is 48.3 Å². The molecule has 118 heavy (non-hydrogen) atoms. The molecule has 0 amide bonds. The number of esters is 9. The van der Waals surface area contributed by atoms with E-state index in [0.717, 1.165) is 120 Å². The van der Waals surface area contributed by atoms with E-state index >= 15 is 0 Å². The fourth-order valence-electron chi connectivity index (χ4n) is 24.0. The SMILES string of the molecule is C.C.C.C.C.C.C.C.C.C.CCC(C)(C)C(=O)OC1(CC)C2CC3CC(C2)CC1C3.CCC(C)(C)C(=O)OC12CC3CC(CC(O)(C3)C1)C2.CCC(C)(C)C(=O)OC1C2CC3CC1CC(C(=O)OCOC1C4CC5CC(C4)CC1C5)(C3)C2.CCC(C)(C)C(=O)OC1CCOC1=O.CCC(C)(C)C(=O)OCC(=O)OC1C2CC3C(=O)OC1C3C2. The molecule has 20 aliphatic rings. The van der Waals surface area contributed by atoms with E-state index in [0.29, 0.717) is 91.7 Å². The van der Waals surface area contributed by atoms with E-state index < -0.39 is 51.3 Å². The van der Waals surface area contributed by atoms with Crippen LogP contribution in [-0.4, -0.2) is 126 Å². The maximum absolute atomic E-state index is 13.4. The quantitative estimate of drug-likeness (QED) is 0.0599. The minimum absolute atomic E-state index is 0. The second-order valence-corrected chi connectivity index (χ2v) is 41.0. The van der Waals surface area contributed by atoms with Gasteiger partial charge in [0.2, 0.25) is 6.10 Å². The Morgan fingerprint density at radius 3 is 1.31 bits per heavy atom. The van der Waals surface area contributed by atoms with Crippen molar-refractivity contribution in [1.29, 1.82) is 0 Å². The Morgan fingerprint density at radius 1 is 0.424 bits per heavy atom.